The summed E-state index contributed by atoms with van der Waals surface area (Å²) in [5.74, 6) is 0.304. The molecule has 1 aliphatic rings. The summed E-state index contributed by atoms with van der Waals surface area (Å²) in [4.78, 5) is 0. The van der Waals surface area contributed by atoms with E-state index in [1.807, 2.05) is 19.2 Å². The molecule has 2 aromatic rings. The number of hydrogen-bond donors (Lipinski definition) is 1. The van der Waals surface area contributed by atoms with Crippen molar-refractivity contribution in [1.82, 2.24) is 5.32 Å². The van der Waals surface area contributed by atoms with Crippen molar-refractivity contribution in [2.24, 2.45) is 0 Å². The van der Waals surface area contributed by atoms with Gasteiger partial charge >= 0.3 is 6.18 Å². The lowest BCUT2D eigenvalue weighted by atomic mass is 9.90. The molecule has 0 unspecified atom stereocenters. The van der Waals surface area contributed by atoms with Gasteiger partial charge in [0.1, 0.15) is 0 Å². The van der Waals surface area contributed by atoms with Crippen molar-refractivity contribution >= 4 is 0 Å². The molecule has 0 bridgehead atoms. The van der Waals surface area contributed by atoms with E-state index in [0.717, 1.165) is 18.4 Å². The first-order chi connectivity index (χ1) is 10.5. The maximum atomic E-state index is 12.6. The Hall–Kier alpha value is -1.81. The Balaban J connectivity index is 1.83. The fourth-order valence-electron chi connectivity index (χ4n) is 3.32. The summed E-state index contributed by atoms with van der Waals surface area (Å²) in [5, 5.41) is 3.34. The van der Waals surface area contributed by atoms with E-state index in [1.165, 1.54) is 23.3 Å². The second kappa shape index (κ2) is 5.76. The minimum atomic E-state index is -4.27. The number of rotatable bonds is 3. The number of benzene rings is 2. The molecule has 0 heterocycles. The molecule has 0 fully saturated rings. The van der Waals surface area contributed by atoms with Crippen molar-refractivity contribution in [2.45, 2.75) is 31.0 Å². The molecule has 3 rings (SSSR count). The van der Waals surface area contributed by atoms with Crippen LogP contribution in [-0.2, 0) is 19.0 Å². The zero-order valence-corrected chi connectivity index (χ0v) is 12.3. The average Bonchev–Trinajstić information content (AvgIpc) is 2.85. The number of nitrogens with one attached hydrogen (secondary N) is 1. The van der Waals surface area contributed by atoms with E-state index >= 15 is 0 Å². The van der Waals surface area contributed by atoms with Gasteiger partial charge in [-0.05, 0) is 48.7 Å². The van der Waals surface area contributed by atoms with Crippen molar-refractivity contribution in [3.63, 3.8) is 0 Å². The Labute approximate surface area is 128 Å². The number of likely N-dealkylation sites (N-methyl/N-ethyl adjacent to an activating group) is 1. The van der Waals surface area contributed by atoms with Crippen LogP contribution < -0.4 is 5.32 Å². The minimum absolute atomic E-state index is 0.304. The summed E-state index contributed by atoms with van der Waals surface area (Å²) < 4.78 is 37.9. The number of alkyl halides is 3. The predicted octanol–water partition coefficient (Wildman–Crippen LogP) is 4.18. The third-order valence-electron chi connectivity index (χ3n) is 4.49. The van der Waals surface area contributed by atoms with Crippen LogP contribution in [0.25, 0.3) is 0 Å². The maximum Gasteiger partial charge on any atom is 0.416 e. The zero-order chi connectivity index (χ0) is 15.7. The van der Waals surface area contributed by atoms with Crippen molar-refractivity contribution in [3.8, 4) is 0 Å². The molecular weight excluding hydrogens is 287 g/mol. The van der Waals surface area contributed by atoms with Gasteiger partial charge in [-0.25, -0.2) is 0 Å². The van der Waals surface area contributed by atoms with E-state index in [2.05, 4.69) is 17.4 Å². The Morgan fingerprint density at radius 1 is 1.05 bits per heavy atom. The molecule has 2 atom stereocenters. The molecule has 22 heavy (non-hydrogen) atoms. The van der Waals surface area contributed by atoms with Gasteiger partial charge < -0.3 is 5.32 Å². The molecule has 4 heteroatoms. The quantitative estimate of drug-likeness (QED) is 0.897. The van der Waals surface area contributed by atoms with Crippen LogP contribution in [-0.4, -0.2) is 13.1 Å². The molecular formula is C18H18F3N. The zero-order valence-electron chi connectivity index (χ0n) is 12.3. The molecule has 0 saturated carbocycles. The van der Waals surface area contributed by atoms with Crippen LogP contribution in [0.15, 0.2) is 48.5 Å². The predicted molar refractivity (Wildman–Crippen MR) is 80.9 cm³/mol. The summed E-state index contributed by atoms with van der Waals surface area (Å²) in [6, 6.07) is 14.2. The Morgan fingerprint density at radius 3 is 2.36 bits per heavy atom. The largest absolute Gasteiger partial charge is 0.416 e. The summed E-state index contributed by atoms with van der Waals surface area (Å²) in [7, 11) is 1.94. The van der Waals surface area contributed by atoms with Gasteiger partial charge in [0.05, 0.1) is 5.56 Å². The van der Waals surface area contributed by atoms with Gasteiger partial charge in [-0.3, -0.25) is 0 Å². The lowest BCUT2D eigenvalue weighted by Gasteiger charge is -2.20. The van der Waals surface area contributed by atoms with Crippen molar-refractivity contribution in [3.05, 3.63) is 70.8 Å². The van der Waals surface area contributed by atoms with Gasteiger partial charge in [-0.2, -0.15) is 13.2 Å². The van der Waals surface area contributed by atoms with Crippen LogP contribution in [0.4, 0.5) is 13.2 Å². The summed E-state index contributed by atoms with van der Waals surface area (Å²) >= 11 is 0. The third kappa shape index (κ3) is 2.88. The highest BCUT2D eigenvalue weighted by molar-refractivity contribution is 5.39. The molecule has 0 radical (unpaired) electrons. The Morgan fingerprint density at radius 2 is 1.73 bits per heavy atom. The lowest BCUT2D eigenvalue weighted by molar-refractivity contribution is -0.137. The van der Waals surface area contributed by atoms with E-state index in [1.54, 1.807) is 12.1 Å². The summed E-state index contributed by atoms with van der Waals surface area (Å²) in [5.41, 5.74) is 2.99. The van der Waals surface area contributed by atoms with Gasteiger partial charge in [0.2, 0.25) is 0 Å². The van der Waals surface area contributed by atoms with Gasteiger partial charge in [-0.15, -0.1) is 0 Å². The van der Waals surface area contributed by atoms with E-state index in [0.29, 0.717) is 12.0 Å². The second-order valence-electron chi connectivity index (χ2n) is 5.80. The molecule has 1 aliphatic carbocycles. The lowest BCUT2D eigenvalue weighted by Crippen LogP contribution is -2.30. The standard InChI is InChI=1S/C18H18F3N/c1-22-17-11-13-4-2-3-5-15(13)16(17)10-12-6-8-14(9-7-12)18(19,20)21/h2-9,16-17,22H,10-11H2,1H3/t16-,17+/m0/s1. The monoisotopic (exact) mass is 305 g/mol. The van der Waals surface area contributed by atoms with Crippen LogP contribution >= 0.6 is 0 Å². The number of fused-ring (bicyclic) bond motifs is 1. The van der Waals surface area contributed by atoms with Crippen LogP contribution in [0, 0.1) is 0 Å². The maximum absolute atomic E-state index is 12.6. The molecule has 116 valence electrons. The van der Waals surface area contributed by atoms with Gasteiger partial charge in [0.25, 0.3) is 0 Å². The normalized spacial score (nSPS) is 20.9. The highest BCUT2D eigenvalue weighted by Crippen LogP contribution is 2.36. The van der Waals surface area contributed by atoms with Crippen molar-refractivity contribution in [1.29, 1.82) is 0 Å². The molecule has 0 saturated heterocycles. The number of halogens is 3. The minimum Gasteiger partial charge on any atom is -0.316 e. The SMILES string of the molecule is CN[C@@H]1Cc2ccccc2[C@@H]1Cc1ccc(C(F)(F)F)cc1. The van der Waals surface area contributed by atoms with Gasteiger partial charge in [0.15, 0.2) is 0 Å². The van der Waals surface area contributed by atoms with E-state index in [-0.39, 0.29) is 0 Å². The first-order valence-corrected chi connectivity index (χ1v) is 7.40. The molecule has 1 N–H and O–H groups in total. The molecule has 0 amide bonds. The Kier molecular flexibility index (Phi) is 3.96. The first-order valence-electron chi connectivity index (χ1n) is 7.40. The van der Waals surface area contributed by atoms with Gasteiger partial charge in [0, 0.05) is 12.0 Å². The highest BCUT2D eigenvalue weighted by Gasteiger charge is 2.32. The topological polar surface area (TPSA) is 12.0 Å². The van der Waals surface area contributed by atoms with Crippen molar-refractivity contribution in [2.75, 3.05) is 7.05 Å². The van der Waals surface area contributed by atoms with E-state index in [9.17, 15) is 13.2 Å². The first kappa shape index (κ1) is 15.1. The van der Waals surface area contributed by atoms with E-state index < -0.39 is 11.7 Å². The van der Waals surface area contributed by atoms with E-state index in [4.69, 9.17) is 0 Å². The average molecular weight is 305 g/mol. The molecule has 0 aromatic heterocycles. The summed E-state index contributed by atoms with van der Waals surface area (Å²) in [6.07, 6.45) is -2.55. The van der Waals surface area contributed by atoms with Gasteiger partial charge in [-0.1, -0.05) is 36.4 Å². The highest BCUT2D eigenvalue weighted by atomic mass is 19.4. The molecule has 1 nitrogen and oxygen atoms in total. The Bertz CT molecular complexity index is 646. The fourth-order valence-corrected chi connectivity index (χ4v) is 3.32. The third-order valence-corrected chi connectivity index (χ3v) is 4.49. The van der Waals surface area contributed by atoms with Crippen molar-refractivity contribution < 1.29 is 13.2 Å². The van der Waals surface area contributed by atoms with Crippen LogP contribution in [0.5, 0.6) is 0 Å². The van der Waals surface area contributed by atoms with Crippen LogP contribution in [0.2, 0.25) is 0 Å². The molecule has 0 aliphatic heterocycles. The fraction of sp³-hybridized carbons (Fsp3) is 0.333. The van der Waals surface area contributed by atoms with Crippen LogP contribution in [0.3, 0.4) is 0 Å². The number of hydrogen-bond acceptors (Lipinski definition) is 1. The molecule has 2 aromatic carbocycles. The molecule has 0 spiro atoms. The van der Waals surface area contributed by atoms with Crippen LogP contribution in [0.1, 0.15) is 28.2 Å². The second-order valence-corrected chi connectivity index (χ2v) is 5.80. The summed E-state index contributed by atoms with van der Waals surface area (Å²) in [6.45, 7) is 0. The smallest absolute Gasteiger partial charge is 0.316 e.